The van der Waals surface area contributed by atoms with E-state index < -0.39 is 29.8 Å². The molecule has 1 amide bonds. The number of nitrogens with zero attached hydrogens (tertiary/aromatic N) is 2. The second-order valence-corrected chi connectivity index (χ2v) is 8.82. The van der Waals surface area contributed by atoms with Gasteiger partial charge in [-0.25, -0.2) is 9.78 Å². The molecule has 0 saturated heterocycles. The molecule has 192 valence electrons. The summed E-state index contributed by atoms with van der Waals surface area (Å²) in [6.07, 6.45) is 2.55. The zero-order chi connectivity index (χ0) is 26.0. The Morgan fingerprint density at radius 2 is 1.75 bits per heavy atom. The van der Waals surface area contributed by atoms with E-state index in [4.69, 9.17) is 18.9 Å². The van der Waals surface area contributed by atoms with Crippen molar-refractivity contribution in [1.82, 2.24) is 14.9 Å². The summed E-state index contributed by atoms with van der Waals surface area (Å²) in [5, 5.41) is 2.57. The van der Waals surface area contributed by atoms with Gasteiger partial charge in [-0.1, -0.05) is 56.3 Å². The monoisotopic (exact) mass is 495 g/mol. The van der Waals surface area contributed by atoms with E-state index in [0.29, 0.717) is 12.4 Å². The molecule has 1 N–H and O–H groups in total. The van der Waals surface area contributed by atoms with E-state index in [1.807, 2.05) is 75.4 Å². The van der Waals surface area contributed by atoms with Crippen molar-refractivity contribution in [2.75, 3.05) is 19.9 Å². The van der Waals surface area contributed by atoms with Gasteiger partial charge < -0.3 is 18.9 Å². The molecule has 2 aromatic carbocycles. The van der Waals surface area contributed by atoms with Crippen molar-refractivity contribution < 1.29 is 28.5 Å². The summed E-state index contributed by atoms with van der Waals surface area (Å²) < 4.78 is 24.4. The third kappa shape index (κ3) is 7.58. The molecule has 0 aliphatic rings. The largest absolute Gasteiger partial charge is 0.466 e. The molecule has 2 unspecified atom stereocenters. The molecule has 36 heavy (non-hydrogen) atoms. The molecule has 0 aliphatic carbocycles. The highest BCUT2D eigenvalue weighted by Gasteiger charge is 2.42. The van der Waals surface area contributed by atoms with Gasteiger partial charge in [0.1, 0.15) is 19.1 Å². The Bertz CT molecular complexity index is 1080. The van der Waals surface area contributed by atoms with Crippen LogP contribution in [-0.2, 0) is 19.0 Å². The quantitative estimate of drug-likeness (QED) is 0.219. The summed E-state index contributed by atoms with van der Waals surface area (Å²) in [5.74, 6) is 0.138. The highest BCUT2D eigenvalue weighted by molar-refractivity contribution is 5.67. The number of benzene rings is 2. The Labute approximate surface area is 211 Å². The van der Waals surface area contributed by atoms with Crippen molar-refractivity contribution in [2.45, 2.75) is 40.0 Å². The van der Waals surface area contributed by atoms with Crippen LogP contribution >= 0.6 is 0 Å². The Hall–Kier alpha value is -3.85. The van der Waals surface area contributed by atoms with Crippen molar-refractivity contribution in [1.29, 1.82) is 0 Å². The standard InChI is InChI=1S/C27H33N3O6/c1-5-33-19-29-26(32)36-24(27(3,4)17-34-20(2)31)25(30-16-15-28-18-30)35-23-13-11-22(12-14-23)21-9-7-6-8-10-21/h6-16,18,24-25H,5,17,19H2,1-4H3,(H,29,32). The number of esters is 1. The molecule has 1 aromatic heterocycles. The van der Waals surface area contributed by atoms with Gasteiger partial charge in [0.05, 0.1) is 6.33 Å². The first-order valence-corrected chi connectivity index (χ1v) is 11.8. The predicted octanol–water partition coefficient (Wildman–Crippen LogP) is 4.81. The molecule has 0 bridgehead atoms. The fourth-order valence-corrected chi connectivity index (χ4v) is 3.54. The van der Waals surface area contributed by atoms with E-state index in [0.717, 1.165) is 11.1 Å². The first-order chi connectivity index (χ1) is 17.3. The Kier molecular flexibility index (Phi) is 9.46. The number of rotatable bonds is 12. The second-order valence-electron chi connectivity index (χ2n) is 8.82. The number of hydrogen-bond acceptors (Lipinski definition) is 7. The number of carbonyl (C=O) groups is 2. The number of ether oxygens (including phenoxy) is 4. The van der Waals surface area contributed by atoms with Crippen LogP contribution in [0.3, 0.4) is 0 Å². The molecular weight excluding hydrogens is 462 g/mol. The van der Waals surface area contributed by atoms with Gasteiger partial charge in [-0.2, -0.15) is 0 Å². The molecule has 9 heteroatoms. The van der Waals surface area contributed by atoms with Gasteiger partial charge in [0.2, 0.25) is 6.23 Å². The highest BCUT2D eigenvalue weighted by Crippen LogP contribution is 2.35. The third-order valence-corrected chi connectivity index (χ3v) is 5.47. The first kappa shape index (κ1) is 26.7. The topological polar surface area (TPSA) is 101 Å². The molecule has 2 atom stereocenters. The summed E-state index contributed by atoms with van der Waals surface area (Å²) in [6, 6.07) is 17.7. The van der Waals surface area contributed by atoms with Crippen LogP contribution in [0.1, 0.15) is 33.9 Å². The predicted molar refractivity (Wildman–Crippen MR) is 134 cm³/mol. The normalized spacial score (nSPS) is 12.9. The van der Waals surface area contributed by atoms with Gasteiger partial charge in [0.25, 0.3) is 0 Å². The number of alkyl carbamates (subject to hydrolysis) is 1. The molecule has 0 saturated carbocycles. The van der Waals surface area contributed by atoms with E-state index in [2.05, 4.69) is 10.3 Å². The molecule has 3 aromatic rings. The van der Waals surface area contributed by atoms with E-state index >= 15 is 0 Å². The maximum absolute atomic E-state index is 12.6. The molecule has 3 rings (SSSR count). The Morgan fingerprint density at radius 3 is 2.36 bits per heavy atom. The zero-order valence-electron chi connectivity index (χ0n) is 21.0. The number of hydrogen-bond donors (Lipinski definition) is 1. The molecule has 0 spiro atoms. The second kappa shape index (κ2) is 12.7. The summed E-state index contributed by atoms with van der Waals surface area (Å²) in [7, 11) is 0. The molecule has 0 radical (unpaired) electrons. The summed E-state index contributed by atoms with van der Waals surface area (Å²) in [4.78, 5) is 28.3. The average Bonchev–Trinajstić information content (AvgIpc) is 3.41. The first-order valence-electron chi connectivity index (χ1n) is 11.8. The Balaban J connectivity index is 1.89. The van der Waals surface area contributed by atoms with Crippen LogP contribution in [-0.4, -0.2) is 47.7 Å². The van der Waals surface area contributed by atoms with Gasteiger partial charge in [-0.05, 0) is 30.2 Å². The molecule has 0 aliphatic heterocycles. The van der Waals surface area contributed by atoms with Gasteiger partial charge in [0.15, 0.2) is 6.10 Å². The molecule has 9 nitrogen and oxygen atoms in total. The minimum Gasteiger partial charge on any atom is -0.466 e. The summed E-state index contributed by atoms with van der Waals surface area (Å²) >= 11 is 0. The Morgan fingerprint density at radius 1 is 1.06 bits per heavy atom. The fourth-order valence-electron chi connectivity index (χ4n) is 3.54. The van der Waals surface area contributed by atoms with Crippen molar-refractivity contribution in [3.8, 4) is 16.9 Å². The van der Waals surface area contributed by atoms with Crippen LogP contribution in [0.2, 0.25) is 0 Å². The van der Waals surface area contributed by atoms with E-state index in [1.165, 1.54) is 6.92 Å². The van der Waals surface area contributed by atoms with Gasteiger partial charge in [-0.3, -0.25) is 14.7 Å². The smallest absolute Gasteiger partial charge is 0.409 e. The minimum atomic E-state index is -0.874. The van der Waals surface area contributed by atoms with Crippen LogP contribution in [0.15, 0.2) is 73.3 Å². The lowest BCUT2D eigenvalue weighted by Crippen LogP contribution is -2.47. The van der Waals surface area contributed by atoms with Crippen LogP contribution in [0.25, 0.3) is 11.1 Å². The zero-order valence-corrected chi connectivity index (χ0v) is 21.0. The number of imidazole rings is 1. The average molecular weight is 496 g/mol. The maximum Gasteiger partial charge on any atom is 0.409 e. The number of aromatic nitrogens is 2. The minimum absolute atomic E-state index is 0.00394. The summed E-state index contributed by atoms with van der Waals surface area (Å²) in [6.45, 7) is 7.28. The van der Waals surface area contributed by atoms with Crippen LogP contribution in [0, 0.1) is 5.41 Å². The van der Waals surface area contributed by atoms with Gasteiger partial charge in [0, 0.05) is 31.3 Å². The van der Waals surface area contributed by atoms with Crippen LogP contribution < -0.4 is 10.1 Å². The van der Waals surface area contributed by atoms with Gasteiger partial charge >= 0.3 is 12.1 Å². The highest BCUT2D eigenvalue weighted by atomic mass is 16.6. The lowest BCUT2D eigenvalue weighted by Gasteiger charge is -2.38. The van der Waals surface area contributed by atoms with Crippen LogP contribution in [0.4, 0.5) is 4.79 Å². The van der Waals surface area contributed by atoms with Crippen molar-refractivity contribution in [2.24, 2.45) is 5.41 Å². The number of amides is 1. The SMILES string of the molecule is CCOCNC(=O)OC(C(Oc1ccc(-c2ccccc2)cc1)n1ccnc1)C(C)(C)COC(C)=O. The number of nitrogens with one attached hydrogen (secondary N) is 1. The molecular formula is C27H33N3O6. The van der Waals surface area contributed by atoms with Crippen molar-refractivity contribution >= 4 is 12.1 Å². The van der Waals surface area contributed by atoms with E-state index in [-0.39, 0.29) is 13.3 Å². The van der Waals surface area contributed by atoms with Crippen molar-refractivity contribution in [3.63, 3.8) is 0 Å². The number of carbonyl (C=O) groups excluding carboxylic acids is 2. The van der Waals surface area contributed by atoms with E-state index in [9.17, 15) is 9.59 Å². The lowest BCUT2D eigenvalue weighted by atomic mass is 9.86. The van der Waals surface area contributed by atoms with Crippen molar-refractivity contribution in [3.05, 3.63) is 73.3 Å². The fraction of sp³-hybridized carbons (Fsp3) is 0.370. The lowest BCUT2D eigenvalue weighted by molar-refractivity contribution is -0.151. The maximum atomic E-state index is 12.6. The third-order valence-electron chi connectivity index (χ3n) is 5.47. The summed E-state index contributed by atoms with van der Waals surface area (Å²) in [5.41, 5.74) is 1.30. The van der Waals surface area contributed by atoms with Crippen LogP contribution in [0.5, 0.6) is 5.75 Å². The van der Waals surface area contributed by atoms with E-state index in [1.54, 1.807) is 23.3 Å². The molecule has 1 heterocycles. The van der Waals surface area contributed by atoms with Gasteiger partial charge in [-0.15, -0.1) is 0 Å². The molecule has 0 fully saturated rings.